The van der Waals surface area contributed by atoms with Gasteiger partial charge in [0.15, 0.2) is 0 Å². The number of rotatable bonds is 3. The predicted molar refractivity (Wildman–Crippen MR) is 71.7 cm³/mol. The van der Waals surface area contributed by atoms with Crippen LogP contribution >= 0.6 is 11.6 Å². The lowest BCUT2D eigenvalue weighted by molar-refractivity contribution is 0.456. The van der Waals surface area contributed by atoms with E-state index in [-0.39, 0.29) is 5.54 Å². The Morgan fingerprint density at radius 2 is 2.00 bits per heavy atom. The molecule has 2 saturated carbocycles. The van der Waals surface area contributed by atoms with Gasteiger partial charge in [0, 0.05) is 5.02 Å². The molecule has 2 aliphatic rings. The Kier molecular flexibility index (Phi) is 3.01. The minimum absolute atomic E-state index is 0.354. The molecule has 2 fully saturated rings. The molecule has 2 aliphatic carbocycles. The number of halogens is 1. The Balaban J connectivity index is 1.99. The normalized spacial score (nSPS) is 21.6. The number of aliphatic imine (C=N–C) groups is 1. The zero-order chi connectivity index (χ0) is 12.6. The lowest BCUT2D eigenvalue weighted by Crippen LogP contribution is -2.18. The molecule has 0 N–H and O–H groups in total. The van der Waals surface area contributed by atoms with Crippen molar-refractivity contribution in [3.63, 3.8) is 0 Å². The Morgan fingerprint density at radius 1 is 1.28 bits per heavy atom. The molecule has 1 aromatic carbocycles. The molecule has 0 atom stereocenters. The van der Waals surface area contributed by atoms with Gasteiger partial charge in [0.25, 0.3) is 0 Å². The van der Waals surface area contributed by atoms with E-state index >= 15 is 0 Å². The summed E-state index contributed by atoms with van der Waals surface area (Å²) < 4.78 is 0. The molecule has 0 aromatic heterocycles. The second-order valence-corrected chi connectivity index (χ2v) is 5.86. The number of benzene rings is 1. The summed E-state index contributed by atoms with van der Waals surface area (Å²) in [6, 6.07) is 6.24. The van der Waals surface area contributed by atoms with Crippen LogP contribution in [0.3, 0.4) is 0 Å². The third kappa shape index (κ3) is 2.00. The van der Waals surface area contributed by atoms with Crippen LogP contribution in [0, 0.1) is 0 Å². The van der Waals surface area contributed by atoms with Crippen molar-refractivity contribution < 1.29 is 4.79 Å². The lowest BCUT2D eigenvalue weighted by Gasteiger charge is -2.23. The van der Waals surface area contributed by atoms with Crippen molar-refractivity contribution in [3.05, 3.63) is 34.3 Å². The molecule has 1 aromatic rings. The van der Waals surface area contributed by atoms with Crippen molar-refractivity contribution in [2.45, 2.75) is 50.0 Å². The van der Waals surface area contributed by atoms with E-state index in [1.807, 2.05) is 6.07 Å². The van der Waals surface area contributed by atoms with Crippen LogP contribution in [0.25, 0.3) is 0 Å². The summed E-state index contributed by atoms with van der Waals surface area (Å²) in [4.78, 5) is 14.8. The van der Waals surface area contributed by atoms with Crippen LogP contribution in [0.5, 0.6) is 0 Å². The number of carbonyl (C=O) groups excluding carboxylic acids is 1. The summed E-state index contributed by atoms with van der Waals surface area (Å²) in [5, 5.41) is 0.836. The lowest BCUT2D eigenvalue weighted by atomic mass is 9.88. The van der Waals surface area contributed by atoms with Crippen LogP contribution in [-0.4, -0.2) is 6.08 Å². The summed E-state index contributed by atoms with van der Waals surface area (Å²) in [5.74, 6) is 0.653. The van der Waals surface area contributed by atoms with Gasteiger partial charge in [-0.05, 0) is 48.8 Å². The Hall–Kier alpha value is -1.11. The largest absolute Gasteiger partial charge is 0.235 e. The van der Waals surface area contributed by atoms with E-state index in [0.29, 0.717) is 5.92 Å². The van der Waals surface area contributed by atoms with E-state index in [2.05, 4.69) is 17.1 Å². The molecule has 18 heavy (non-hydrogen) atoms. The molecule has 0 saturated heterocycles. The van der Waals surface area contributed by atoms with Gasteiger partial charge < -0.3 is 0 Å². The van der Waals surface area contributed by atoms with Gasteiger partial charge >= 0.3 is 0 Å². The first-order valence-electron chi connectivity index (χ1n) is 6.64. The highest BCUT2D eigenvalue weighted by Crippen LogP contribution is 2.47. The van der Waals surface area contributed by atoms with Crippen molar-refractivity contribution >= 4 is 17.7 Å². The fourth-order valence-corrected chi connectivity index (χ4v) is 3.39. The number of hydrogen-bond acceptors (Lipinski definition) is 2. The second kappa shape index (κ2) is 4.53. The molecule has 0 heterocycles. The molecular formula is C15H16ClNO. The van der Waals surface area contributed by atoms with Gasteiger partial charge in [-0.3, -0.25) is 0 Å². The van der Waals surface area contributed by atoms with Gasteiger partial charge in [-0.25, -0.2) is 4.79 Å². The van der Waals surface area contributed by atoms with Gasteiger partial charge in [-0.2, -0.15) is 4.99 Å². The quantitative estimate of drug-likeness (QED) is 0.588. The minimum atomic E-state index is -0.354. The second-order valence-electron chi connectivity index (χ2n) is 5.45. The highest BCUT2D eigenvalue weighted by atomic mass is 35.5. The predicted octanol–water partition coefficient (Wildman–Crippen LogP) is 4.32. The van der Waals surface area contributed by atoms with Crippen molar-refractivity contribution in [3.8, 4) is 0 Å². The molecule has 0 unspecified atom stereocenters. The summed E-state index contributed by atoms with van der Waals surface area (Å²) in [7, 11) is 0. The van der Waals surface area contributed by atoms with Gasteiger partial charge in [0.1, 0.15) is 0 Å². The van der Waals surface area contributed by atoms with Crippen LogP contribution in [0.2, 0.25) is 5.02 Å². The van der Waals surface area contributed by atoms with E-state index in [1.54, 1.807) is 6.08 Å². The van der Waals surface area contributed by atoms with E-state index in [9.17, 15) is 4.79 Å². The molecule has 94 valence electrons. The first kappa shape index (κ1) is 12.0. The number of hydrogen-bond donors (Lipinski definition) is 0. The van der Waals surface area contributed by atoms with Gasteiger partial charge in [0.2, 0.25) is 6.08 Å². The maximum atomic E-state index is 10.7. The molecule has 0 bridgehead atoms. The van der Waals surface area contributed by atoms with Gasteiger partial charge in [0.05, 0.1) is 5.54 Å². The fraction of sp³-hybridized carbons (Fsp3) is 0.533. The first-order valence-corrected chi connectivity index (χ1v) is 7.02. The zero-order valence-corrected chi connectivity index (χ0v) is 11.0. The van der Waals surface area contributed by atoms with E-state index in [1.165, 1.54) is 18.4 Å². The summed E-state index contributed by atoms with van der Waals surface area (Å²) >= 11 is 6.36. The number of nitrogens with zero attached hydrogens (tertiary/aromatic N) is 1. The molecule has 0 spiro atoms. The molecule has 0 aliphatic heterocycles. The SMILES string of the molecule is O=C=NC1(c2ccc(C3CC3)c(Cl)c2)CCCC1. The maximum Gasteiger partial charge on any atom is 0.235 e. The molecule has 3 heteroatoms. The van der Waals surface area contributed by atoms with E-state index in [4.69, 9.17) is 11.6 Å². The molecule has 0 amide bonds. The molecule has 0 radical (unpaired) electrons. The van der Waals surface area contributed by atoms with Crippen LogP contribution in [-0.2, 0) is 10.3 Å². The Bertz CT molecular complexity index is 509. The van der Waals surface area contributed by atoms with Crippen LogP contribution in [0.15, 0.2) is 23.2 Å². The molecular weight excluding hydrogens is 246 g/mol. The summed E-state index contributed by atoms with van der Waals surface area (Å²) in [6.07, 6.45) is 8.34. The van der Waals surface area contributed by atoms with E-state index < -0.39 is 0 Å². The molecule has 3 rings (SSSR count). The average Bonchev–Trinajstić information content (AvgIpc) is 3.09. The van der Waals surface area contributed by atoms with Gasteiger partial charge in [-0.1, -0.05) is 36.6 Å². The average molecular weight is 262 g/mol. The Labute approximate surface area is 112 Å². The van der Waals surface area contributed by atoms with Crippen LogP contribution in [0.1, 0.15) is 55.6 Å². The summed E-state index contributed by atoms with van der Waals surface area (Å²) in [5.41, 5.74) is 1.98. The first-order chi connectivity index (χ1) is 8.75. The third-order valence-electron chi connectivity index (χ3n) is 4.25. The van der Waals surface area contributed by atoms with Crippen LogP contribution < -0.4 is 0 Å². The summed E-state index contributed by atoms with van der Waals surface area (Å²) in [6.45, 7) is 0. The van der Waals surface area contributed by atoms with Gasteiger partial charge in [-0.15, -0.1) is 0 Å². The topological polar surface area (TPSA) is 29.4 Å². The zero-order valence-electron chi connectivity index (χ0n) is 10.3. The third-order valence-corrected chi connectivity index (χ3v) is 4.57. The Morgan fingerprint density at radius 3 is 2.56 bits per heavy atom. The van der Waals surface area contributed by atoms with E-state index in [0.717, 1.165) is 36.3 Å². The van der Waals surface area contributed by atoms with Crippen molar-refractivity contribution in [2.24, 2.45) is 4.99 Å². The van der Waals surface area contributed by atoms with Crippen molar-refractivity contribution in [2.75, 3.05) is 0 Å². The highest BCUT2D eigenvalue weighted by molar-refractivity contribution is 6.31. The fourth-order valence-electron chi connectivity index (χ4n) is 3.05. The highest BCUT2D eigenvalue weighted by Gasteiger charge is 2.36. The standard InChI is InChI=1S/C15H16ClNO/c16-14-9-12(5-6-13(14)11-3-4-11)15(17-10-18)7-1-2-8-15/h5-6,9,11H,1-4,7-8H2. The van der Waals surface area contributed by atoms with Crippen molar-refractivity contribution in [1.82, 2.24) is 0 Å². The van der Waals surface area contributed by atoms with Crippen molar-refractivity contribution in [1.29, 1.82) is 0 Å². The molecule has 2 nitrogen and oxygen atoms in total. The van der Waals surface area contributed by atoms with Crippen LogP contribution in [0.4, 0.5) is 0 Å². The smallest absolute Gasteiger partial charge is 0.211 e. The monoisotopic (exact) mass is 261 g/mol. The number of isocyanates is 1. The maximum absolute atomic E-state index is 10.7. The minimum Gasteiger partial charge on any atom is -0.211 e.